The first kappa shape index (κ1) is 18.5. The summed E-state index contributed by atoms with van der Waals surface area (Å²) in [4.78, 5) is 0. The van der Waals surface area contributed by atoms with E-state index in [4.69, 9.17) is 9.47 Å². The van der Waals surface area contributed by atoms with Crippen LogP contribution in [-0.2, 0) is 22.2 Å². The monoisotopic (exact) mass is 381 g/mol. The van der Waals surface area contributed by atoms with Crippen molar-refractivity contribution in [1.82, 2.24) is 15.1 Å². The summed E-state index contributed by atoms with van der Waals surface area (Å²) in [5.74, 6) is -0.348. The average molecular weight is 381 g/mol. The molecule has 0 bridgehead atoms. The van der Waals surface area contributed by atoms with Crippen LogP contribution in [0.3, 0.4) is 0 Å². The second kappa shape index (κ2) is 7.26. The van der Waals surface area contributed by atoms with Gasteiger partial charge in [0.2, 0.25) is 0 Å². The van der Waals surface area contributed by atoms with Crippen molar-refractivity contribution in [3.05, 3.63) is 47.8 Å². The SMILES string of the molecule is FC(F)(F)c1ccn(-c2ccc(CNC3CCC4(CC3)OCCO4)cc2)n1. The number of benzene rings is 1. The lowest BCUT2D eigenvalue weighted by Gasteiger charge is -2.35. The number of alkyl halides is 3. The van der Waals surface area contributed by atoms with E-state index in [0.29, 0.717) is 31.5 Å². The predicted molar refractivity (Wildman–Crippen MR) is 92.3 cm³/mol. The highest BCUT2D eigenvalue weighted by Crippen LogP contribution is 2.35. The van der Waals surface area contributed by atoms with E-state index >= 15 is 0 Å². The molecular weight excluding hydrogens is 359 g/mol. The summed E-state index contributed by atoms with van der Waals surface area (Å²) in [6, 6.07) is 8.77. The molecule has 27 heavy (non-hydrogen) atoms. The fraction of sp³-hybridized carbons (Fsp3) is 0.526. The number of aromatic nitrogens is 2. The third kappa shape index (κ3) is 4.17. The molecule has 1 saturated carbocycles. The van der Waals surface area contributed by atoms with Crippen LogP contribution in [0.25, 0.3) is 5.69 Å². The van der Waals surface area contributed by atoms with Crippen molar-refractivity contribution in [3.8, 4) is 5.69 Å². The average Bonchev–Trinajstić information content (AvgIpc) is 3.32. The molecule has 1 N–H and O–H groups in total. The Balaban J connectivity index is 1.30. The summed E-state index contributed by atoms with van der Waals surface area (Å²) in [7, 11) is 0. The molecule has 0 radical (unpaired) electrons. The zero-order valence-corrected chi connectivity index (χ0v) is 14.8. The zero-order valence-electron chi connectivity index (χ0n) is 14.8. The van der Waals surface area contributed by atoms with Gasteiger partial charge in [-0.25, -0.2) is 4.68 Å². The summed E-state index contributed by atoms with van der Waals surface area (Å²) in [6.07, 6.45) is 0.718. The largest absolute Gasteiger partial charge is 0.435 e. The Morgan fingerprint density at radius 2 is 1.74 bits per heavy atom. The molecule has 2 fully saturated rings. The van der Waals surface area contributed by atoms with Crippen LogP contribution in [0.1, 0.15) is 36.9 Å². The zero-order chi connectivity index (χ0) is 18.9. The van der Waals surface area contributed by atoms with E-state index in [0.717, 1.165) is 37.3 Å². The van der Waals surface area contributed by atoms with Crippen LogP contribution in [0.15, 0.2) is 36.5 Å². The Labute approximate surface area is 155 Å². The summed E-state index contributed by atoms with van der Waals surface area (Å²) in [5.41, 5.74) is 0.790. The van der Waals surface area contributed by atoms with Gasteiger partial charge in [-0.05, 0) is 36.6 Å². The van der Waals surface area contributed by atoms with Gasteiger partial charge in [0.15, 0.2) is 11.5 Å². The Hall–Kier alpha value is -1.90. The first-order valence-corrected chi connectivity index (χ1v) is 9.17. The standard InChI is InChI=1S/C19H22F3N3O2/c20-19(21,22)17-7-10-25(24-17)16-3-1-14(2-4-16)13-23-15-5-8-18(9-6-15)26-11-12-27-18/h1-4,7,10,15,23H,5-6,8-9,11-13H2. The van der Waals surface area contributed by atoms with E-state index in [1.807, 2.05) is 12.1 Å². The molecule has 1 saturated heterocycles. The topological polar surface area (TPSA) is 48.3 Å². The number of nitrogens with one attached hydrogen (secondary N) is 1. The second-order valence-electron chi connectivity index (χ2n) is 7.07. The Morgan fingerprint density at radius 1 is 1.07 bits per heavy atom. The number of halogens is 3. The van der Waals surface area contributed by atoms with Crippen molar-refractivity contribution in [2.45, 2.75) is 50.2 Å². The molecule has 4 rings (SSSR count). The predicted octanol–water partition coefficient (Wildman–Crippen LogP) is 3.67. The minimum Gasteiger partial charge on any atom is -0.348 e. The molecule has 0 unspecified atom stereocenters. The van der Waals surface area contributed by atoms with Gasteiger partial charge in [-0.2, -0.15) is 18.3 Å². The minimum absolute atomic E-state index is 0.348. The van der Waals surface area contributed by atoms with Crippen LogP contribution in [0, 0.1) is 0 Å². The molecule has 146 valence electrons. The lowest BCUT2D eigenvalue weighted by atomic mass is 9.90. The molecule has 1 aromatic carbocycles. The van der Waals surface area contributed by atoms with E-state index < -0.39 is 11.9 Å². The van der Waals surface area contributed by atoms with Crippen molar-refractivity contribution in [1.29, 1.82) is 0 Å². The second-order valence-corrected chi connectivity index (χ2v) is 7.07. The van der Waals surface area contributed by atoms with Gasteiger partial charge in [0.25, 0.3) is 0 Å². The maximum atomic E-state index is 12.7. The van der Waals surface area contributed by atoms with Gasteiger partial charge in [-0.15, -0.1) is 0 Å². The molecule has 1 spiro atoms. The maximum Gasteiger partial charge on any atom is 0.435 e. The van der Waals surface area contributed by atoms with E-state index in [1.165, 1.54) is 10.9 Å². The molecule has 2 heterocycles. The molecule has 5 nitrogen and oxygen atoms in total. The lowest BCUT2D eigenvalue weighted by Crippen LogP contribution is -2.41. The van der Waals surface area contributed by atoms with Crippen LogP contribution < -0.4 is 5.32 Å². The van der Waals surface area contributed by atoms with Gasteiger partial charge in [0.1, 0.15) is 0 Å². The molecule has 2 aromatic rings. The van der Waals surface area contributed by atoms with Crippen LogP contribution in [-0.4, -0.2) is 34.8 Å². The van der Waals surface area contributed by atoms with Crippen molar-refractivity contribution in [3.63, 3.8) is 0 Å². The summed E-state index contributed by atoms with van der Waals surface area (Å²) in [6.45, 7) is 2.09. The highest BCUT2D eigenvalue weighted by molar-refractivity contribution is 5.34. The van der Waals surface area contributed by atoms with Gasteiger partial charge in [-0.1, -0.05) is 12.1 Å². The quantitative estimate of drug-likeness (QED) is 0.878. The van der Waals surface area contributed by atoms with Gasteiger partial charge in [-0.3, -0.25) is 0 Å². The first-order chi connectivity index (χ1) is 12.9. The number of nitrogens with zero attached hydrogens (tertiary/aromatic N) is 2. The smallest absolute Gasteiger partial charge is 0.348 e. The Morgan fingerprint density at radius 3 is 2.33 bits per heavy atom. The number of ether oxygens (including phenoxy) is 2. The van der Waals surface area contributed by atoms with E-state index in [2.05, 4.69) is 10.4 Å². The van der Waals surface area contributed by atoms with Crippen molar-refractivity contribution < 1.29 is 22.6 Å². The van der Waals surface area contributed by atoms with Crippen molar-refractivity contribution in [2.75, 3.05) is 13.2 Å². The third-order valence-corrected chi connectivity index (χ3v) is 5.24. The van der Waals surface area contributed by atoms with Crippen LogP contribution in [0.5, 0.6) is 0 Å². The van der Waals surface area contributed by atoms with Crippen molar-refractivity contribution in [2.24, 2.45) is 0 Å². The number of hydrogen-bond acceptors (Lipinski definition) is 4. The highest BCUT2D eigenvalue weighted by Gasteiger charge is 2.40. The maximum absolute atomic E-state index is 12.7. The molecule has 1 aromatic heterocycles. The molecule has 2 aliphatic rings. The van der Waals surface area contributed by atoms with Gasteiger partial charge in [0, 0.05) is 31.6 Å². The fourth-order valence-corrected chi connectivity index (χ4v) is 3.70. The van der Waals surface area contributed by atoms with Gasteiger partial charge >= 0.3 is 6.18 Å². The highest BCUT2D eigenvalue weighted by atomic mass is 19.4. The molecule has 0 atom stereocenters. The Kier molecular flexibility index (Phi) is 4.96. The summed E-state index contributed by atoms with van der Waals surface area (Å²) >= 11 is 0. The van der Waals surface area contributed by atoms with Gasteiger partial charge in [0.05, 0.1) is 18.9 Å². The van der Waals surface area contributed by atoms with Crippen LogP contribution in [0.2, 0.25) is 0 Å². The molecule has 1 aliphatic heterocycles. The van der Waals surface area contributed by atoms with Crippen molar-refractivity contribution >= 4 is 0 Å². The van der Waals surface area contributed by atoms with E-state index in [-0.39, 0.29) is 5.79 Å². The van der Waals surface area contributed by atoms with E-state index in [9.17, 15) is 13.2 Å². The summed E-state index contributed by atoms with van der Waals surface area (Å²) in [5, 5.41) is 7.13. The van der Waals surface area contributed by atoms with Crippen LogP contribution >= 0.6 is 0 Å². The number of hydrogen-bond donors (Lipinski definition) is 1. The molecular formula is C19H22F3N3O2. The normalized spacial score (nSPS) is 20.4. The molecule has 8 heteroatoms. The molecule has 1 aliphatic carbocycles. The van der Waals surface area contributed by atoms with E-state index in [1.54, 1.807) is 12.1 Å². The van der Waals surface area contributed by atoms with Gasteiger partial charge < -0.3 is 14.8 Å². The minimum atomic E-state index is -4.43. The van der Waals surface area contributed by atoms with Crippen LogP contribution in [0.4, 0.5) is 13.2 Å². The Bertz CT molecular complexity index is 757. The lowest BCUT2D eigenvalue weighted by molar-refractivity contribution is -0.179. The third-order valence-electron chi connectivity index (χ3n) is 5.24. The fourth-order valence-electron chi connectivity index (χ4n) is 3.70. The summed E-state index contributed by atoms with van der Waals surface area (Å²) < 4.78 is 50.7. The first-order valence-electron chi connectivity index (χ1n) is 9.17. The number of rotatable bonds is 4. The molecule has 0 amide bonds.